The van der Waals surface area contributed by atoms with Gasteiger partial charge in [0.15, 0.2) is 0 Å². The van der Waals surface area contributed by atoms with Crippen LogP contribution in [0.1, 0.15) is 200 Å². The van der Waals surface area contributed by atoms with E-state index in [0.717, 1.165) is 38.5 Å². The number of allylic oxidation sites excluding steroid dienone is 2. The molecule has 278 valence electrons. The molecular weight excluding hydrogens is 582 g/mol. The Kier molecular flexibility index (Phi) is 36.2. The molecule has 7 nitrogen and oxygen atoms in total. The summed E-state index contributed by atoms with van der Waals surface area (Å²) in [6.45, 7) is 5.76. The van der Waals surface area contributed by atoms with Crippen LogP contribution in [-0.2, 0) is 9.59 Å². The summed E-state index contributed by atoms with van der Waals surface area (Å²) in [6.07, 6.45) is 39.9. The minimum absolute atomic E-state index is 0.0304. The second-order valence-corrected chi connectivity index (χ2v) is 13.9. The summed E-state index contributed by atoms with van der Waals surface area (Å²) in [5.41, 5.74) is 5.89. The lowest BCUT2D eigenvalue weighted by molar-refractivity contribution is -0.129. The number of rotatable bonds is 37. The number of unbranched alkanes of at least 4 members (excludes halogenated alkanes) is 24. The number of nitrogens with two attached hydrogens (primary N) is 1. The average Bonchev–Trinajstić information content (AvgIpc) is 3.07. The summed E-state index contributed by atoms with van der Waals surface area (Å²) >= 11 is 0. The Bertz CT molecular complexity index is 702. The van der Waals surface area contributed by atoms with Crippen molar-refractivity contribution in [3.05, 3.63) is 12.2 Å². The van der Waals surface area contributed by atoms with Crippen molar-refractivity contribution >= 4 is 11.8 Å². The molecule has 2 unspecified atom stereocenters. The van der Waals surface area contributed by atoms with E-state index in [2.05, 4.69) is 47.3 Å². The lowest BCUT2D eigenvalue weighted by Gasteiger charge is -2.20. The maximum absolute atomic E-state index is 13.0. The van der Waals surface area contributed by atoms with Gasteiger partial charge in [-0.3, -0.25) is 20.2 Å². The Morgan fingerprint density at radius 1 is 0.574 bits per heavy atom. The van der Waals surface area contributed by atoms with E-state index in [0.29, 0.717) is 25.9 Å². The second-order valence-electron chi connectivity index (χ2n) is 13.9. The molecule has 7 heteroatoms. The van der Waals surface area contributed by atoms with Gasteiger partial charge in [0.05, 0.1) is 0 Å². The molecule has 0 heterocycles. The first-order valence-corrected chi connectivity index (χ1v) is 20.4. The standard InChI is InChI=1S/C40H81N5O2/c1-4-6-8-10-12-14-16-18-20-21-23-25-27-29-31-33-38(46)45-37(34-36-44-40(41)42-3)39(47)43-35-32-30-28-26-24-22-19-17-15-13-11-9-7-5-2/h18,20,37,40,42,44H,4-17,19,21-36,41H2,1-3H3,(H,43,47)(H,45,46)/b20-18+. The smallest absolute Gasteiger partial charge is 0.242 e. The fourth-order valence-corrected chi connectivity index (χ4v) is 6.03. The van der Waals surface area contributed by atoms with Crippen LogP contribution >= 0.6 is 0 Å². The topological polar surface area (TPSA) is 108 Å². The number of amides is 2. The molecule has 0 saturated carbocycles. The first-order chi connectivity index (χ1) is 23.0. The summed E-state index contributed by atoms with van der Waals surface area (Å²) in [6, 6.07) is -0.533. The van der Waals surface area contributed by atoms with Crippen molar-refractivity contribution in [3.63, 3.8) is 0 Å². The Hall–Kier alpha value is -1.44. The molecule has 0 rings (SSSR count). The fraction of sp³-hybridized carbons (Fsp3) is 0.900. The van der Waals surface area contributed by atoms with E-state index in [9.17, 15) is 9.59 Å². The Morgan fingerprint density at radius 3 is 1.47 bits per heavy atom. The van der Waals surface area contributed by atoms with Crippen molar-refractivity contribution in [1.82, 2.24) is 21.3 Å². The van der Waals surface area contributed by atoms with Crippen LogP contribution in [0.5, 0.6) is 0 Å². The molecule has 0 aliphatic heterocycles. The molecule has 47 heavy (non-hydrogen) atoms. The van der Waals surface area contributed by atoms with Crippen molar-refractivity contribution in [2.45, 2.75) is 212 Å². The quantitative estimate of drug-likeness (QED) is 0.0258. The predicted molar refractivity (Wildman–Crippen MR) is 204 cm³/mol. The average molecular weight is 664 g/mol. The van der Waals surface area contributed by atoms with Crippen LogP contribution < -0.4 is 27.0 Å². The third kappa shape index (κ3) is 34.2. The lowest BCUT2D eigenvalue weighted by Crippen LogP contribution is -2.51. The van der Waals surface area contributed by atoms with E-state index in [1.165, 1.54) is 135 Å². The summed E-state index contributed by atoms with van der Waals surface area (Å²) in [7, 11) is 1.79. The summed E-state index contributed by atoms with van der Waals surface area (Å²) in [5, 5.41) is 12.2. The molecule has 0 fully saturated rings. The van der Waals surface area contributed by atoms with Crippen molar-refractivity contribution in [3.8, 4) is 0 Å². The summed E-state index contributed by atoms with van der Waals surface area (Å²) in [4.78, 5) is 25.7. The number of nitrogens with one attached hydrogen (secondary N) is 4. The third-order valence-electron chi connectivity index (χ3n) is 9.26. The lowest BCUT2D eigenvalue weighted by atomic mass is 10.0. The number of carbonyl (C=O) groups excluding carboxylic acids is 2. The van der Waals surface area contributed by atoms with Gasteiger partial charge in [0.25, 0.3) is 0 Å². The van der Waals surface area contributed by atoms with Crippen LogP contribution in [0.3, 0.4) is 0 Å². The molecule has 2 amide bonds. The summed E-state index contributed by atoms with van der Waals surface area (Å²) in [5.74, 6) is -0.116. The maximum atomic E-state index is 13.0. The van der Waals surface area contributed by atoms with Gasteiger partial charge in [-0.15, -0.1) is 0 Å². The highest BCUT2D eigenvalue weighted by molar-refractivity contribution is 5.87. The SMILES string of the molecule is CCCCCCCC/C=C/CCCCCCCC(=O)NC(CCNC(N)NC)C(=O)NCCCCCCCCCCCCCCCC. The molecule has 0 saturated heterocycles. The third-order valence-corrected chi connectivity index (χ3v) is 9.26. The largest absolute Gasteiger partial charge is 0.354 e. The van der Waals surface area contributed by atoms with Gasteiger partial charge >= 0.3 is 0 Å². The Labute approximate surface area is 292 Å². The first kappa shape index (κ1) is 45.6. The molecule has 0 aromatic carbocycles. The molecule has 0 radical (unpaired) electrons. The van der Waals surface area contributed by atoms with E-state index in [-0.39, 0.29) is 18.1 Å². The zero-order chi connectivity index (χ0) is 34.5. The maximum Gasteiger partial charge on any atom is 0.242 e. The van der Waals surface area contributed by atoms with E-state index < -0.39 is 6.04 Å². The van der Waals surface area contributed by atoms with E-state index >= 15 is 0 Å². The second kappa shape index (κ2) is 37.4. The minimum atomic E-state index is -0.533. The number of hydrogen-bond donors (Lipinski definition) is 5. The number of carbonyl (C=O) groups is 2. The predicted octanol–water partition coefficient (Wildman–Crippen LogP) is 9.55. The van der Waals surface area contributed by atoms with E-state index in [1.54, 1.807) is 7.05 Å². The van der Waals surface area contributed by atoms with Crippen LogP contribution in [0.2, 0.25) is 0 Å². The highest BCUT2D eigenvalue weighted by Crippen LogP contribution is 2.13. The van der Waals surface area contributed by atoms with Gasteiger partial charge in [-0.1, -0.05) is 161 Å². The van der Waals surface area contributed by atoms with Crippen LogP contribution in [0.25, 0.3) is 0 Å². The molecule has 6 N–H and O–H groups in total. The first-order valence-electron chi connectivity index (χ1n) is 20.4. The molecule has 0 aliphatic carbocycles. The molecule has 2 atom stereocenters. The van der Waals surface area contributed by atoms with Crippen LogP contribution in [-0.4, -0.2) is 44.3 Å². The molecule has 0 aromatic rings. The zero-order valence-electron chi connectivity index (χ0n) is 31.6. The van der Waals surface area contributed by atoms with Gasteiger partial charge < -0.3 is 16.4 Å². The highest BCUT2D eigenvalue weighted by atomic mass is 16.2. The van der Waals surface area contributed by atoms with Crippen LogP contribution in [0.4, 0.5) is 0 Å². The van der Waals surface area contributed by atoms with Gasteiger partial charge in [-0.25, -0.2) is 0 Å². The molecule has 0 aromatic heterocycles. The van der Waals surface area contributed by atoms with Crippen molar-refractivity contribution < 1.29 is 9.59 Å². The van der Waals surface area contributed by atoms with Gasteiger partial charge in [-0.05, 0) is 52.0 Å². The molecule has 0 bridgehead atoms. The van der Waals surface area contributed by atoms with E-state index in [4.69, 9.17) is 5.73 Å². The number of hydrogen-bond acceptors (Lipinski definition) is 5. The van der Waals surface area contributed by atoms with Crippen LogP contribution in [0.15, 0.2) is 12.2 Å². The van der Waals surface area contributed by atoms with Gasteiger partial charge in [-0.2, -0.15) is 0 Å². The van der Waals surface area contributed by atoms with E-state index in [1.807, 2.05) is 0 Å². The monoisotopic (exact) mass is 664 g/mol. The summed E-state index contributed by atoms with van der Waals surface area (Å²) < 4.78 is 0. The van der Waals surface area contributed by atoms with Crippen molar-refractivity contribution in [2.24, 2.45) is 5.73 Å². The zero-order valence-corrected chi connectivity index (χ0v) is 31.6. The Morgan fingerprint density at radius 2 is 1.00 bits per heavy atom. The van der Waals surface area contributed by atoms with Gasteiger partial charge in [0.2, 0.25) is 11.8 Å². The highest BCUT2D eigenvalue weighted by Gasteiger charge is 2.20. The molecule has 0 spiro atoms. The van der Waals surface area contributed by atoms with Crippen molar-refractivity contribution in [2.75, 3.05) is 20.1 Å². The van der Waals surface area contributed by atoms with Crippen molar-refractivity contribution in [1.29, 1.82) is 0 Å². The van der Waals surface area contributed by atoms with Crippen LogP contribution in [0, 0.1) is 0 Å². The minimum Gasteiger partial charge on any atom is -0.354 e. The Balaban J connectivity index is 4.01. The molecule has 0 aliphatic rings. The van der Waals surface area contributed by atoms with Gasteiger partial charge in [0, 0.05) is 19.5 Å². The molecular formula is C40H81N5O2. The van der Waals surface area contributed by atoms with Gasteiger partial charge in [0.1, 0.15) is 12.3 Å². The fourth-order valence-electron chi connectivity index (χ4n) is 6.03. The normalized spacial score (nSPS) is 12.9.